The molecule has 21 heavy (non-hydrogen) atoms. The zero-order chi connectivity index (χ0) is 15.3. The molecule has 3 amide bonds. The van der Waals surface area contributed by atoms with Gasteiger partial charge in [0.25, 0.3) is 5.91 Å². The molecule has 1 aliphatic heterocycles. The van der Waals surface area contributed by atoms with Crippen LogP contribution in [0.2, 0.25) is 0 Å². The average molecular weight is 306 g/mol. The molecular formula is C13H14N4O3S. The summed E-state index contributed by atoms with van der Waals surface area (Å²) in [7, 11) is 1.82. The number of nitrogens with zero attached hydrogens (tertiary/aromatic N) is 3. The van der Waals surface area contributed by atoms with Gasteiger partial charge >= 0.3 is 0 Å². The van der Waals surface area contributed by atoms with E-state index >= 15 is 0 Å². The van der Waals surface area contributed by atoms with Crippen LogP contribution in [-0.2, 0) is 16.6 Å². The van der Waals surface area contributed by atoms with Crippen molar-refractivity contribution < 1.29 is 14.4 Å². The summed E-state index contributed by atoms with van der Waals surface area (Å²) in [5.41, 5.74) is 0.850. The highest BCUT2D eigenvalue weighted by molar-refractivity contribution is 7.20. The molecule has 110 valence electrons. The van der Waals surface area contributed by atoms with E-state index < -0.39 is 17.9 Å². The molecule has 1 aliphatic rings. The highest BCUT2D eigenvalue weighted by Gasteiger charge is 2.34. The lowest BCUT2D eigenvalue weighted by molar-refractivity contribution is -0.138. The molecular weight excluding hydrogens is 292 g/mol. The van der Waals surface area contributed by atoms with Gasteiger partial charge in [-0.25, -0.2) is 0 Å². The second-order valence-corrected chi connectivity index (χ2v) is 6.09. The standard InChI is InChI=1S/C13H14N4O3S/c1-6-8-4-9(21-13(8)16(3)15-6)12(20)17-5-10(18)14-11(19)7(17)2/h4,7H,5H2,1-3H3,(H,14,18,19). The molecule has 0 saturated carbocycles. The van der Waals surface area contributed by atoms with Crippen molar-refractivity contribution in [3.05, 3.63) is 16.6 Å². The Kier molecular flexibility index (Phi) is 3.05. The van der Waals surface area contributed by atoms with Crippen LogP contribution >= 0.6 is 11.3 Å². The minimum absolute atomic E-state index is 0.1000. The molecule has 8 heteroatoms. The molecule has 1 atom stereocenters. The maximum Gasteiger partial charge on any atom is 0.265 e. The van der Waals surface area contributed by atoms with Crippen molar-refractivity contribution in [1.82, 2.24) is 20.0 Å². The fraction of sp³-hybridized carbons (Fsp3) is 0.385. The molecule has 0 bridgehead atoms. The Morgan fingerprint density at radius 3 is 2.86 bits per heavy atom. The van der Waals surface area contributed by atoms with Crippen LogP contribution in [0.4, 0.5) is 0 Å². The Hall–Kier alpha value is -2.22. The predicted octanol–water partition coefficient (Wildman–Crippen LogP) is 0.430. The monoisotopic (exact) mass is 306 g/mol. The van der Waals surface area contributed by atoms with E-state index in [1.165, 1.54) is 16.2 Å². The molecule has 0 spiro atoms. The van der Waals surface area contributed by atoms with Crippen LogP contribution in [0.25, 0.3) is 10.2 Å². The zero-order valence-corrected chi connectivity index (χ0v) is 12.7. The summed E-state index contributed by atoms with van der Waals surface area (Å²) in [5.74, 6) is -1.20. The van der Waals surface area contributed by atoms with Gasteiger partial charge < -0.3 is 4.90 Å². The van der Waals surface area contributed by atoms with Gasteiger partial charge in [0.15, 0.2) is 0 Å². The molecule has 7 nitrogen and oxygen atoms in total. The van der Waals surface area contributed by atoms with Crippen LogP contribution in [0.5, 0.6) is 0 Å². The molecule has 1 unspecified atom stereocenters. The van der Waals surface area contributed by atoms with E-state index in [0.29, 0.717) is 4.88 Å². The van der Waals surface area contributed by atoms with Crippen LogP contribution in [0.3, 0.4) is 0 Å². The summed E-state index contributed by atoms with van der Waals surface area (Å²) in [6, 6.07) is 1.12. The summed E-state index contributed by atoms with van der Waals surface area (Å²) in [6.45, 7) is 3.39. The number of nitrogens with one attached hydrogen (secondary N) is 1. The van der Waals surface area contributed by atoms with Crippen molar-refractivity contribution >= 4 is 39.3 Å². The molecule has 1 fully saturated rings. The van der Waals surface area contributed by atoms with Crippen molar-refractivity contribution in [3.63, 3.8) is 0 Å². The summed E-state index contributed by atoms with van der Waals surface area (Å²) in [4.78, 5) is 38.4. The first-order valence-electron chi connectivity index (χ1n) is 6.46. The Morgan fingerprint density at radius 2 is 2.19 bits per heavy atom. The van der Waals surface area contributed by atoms with Crippen LogP contribution in [0.15, 0.2) is 6.07 Å². The molecule has 1 N–H and O–H groups in total. The Morgan fingerprint density at radius 1 is 1.48 bits per heavy atom. The highest BCUT2D eigenvalue weighted by atomic mass is 32.1. The SMILES string of the molecule is Cc1nn(C)c2sc(C(=O)N3CC(=O)NC(=O)C3C)cc12. The summed E-state index contributed by atoms with van der Waals surface area (Å²) >= 11 is 1.32. The number of carbonyl (C=O) groups is 3. The molecule has 2 aromatic heterocycles. The number of amides is 3. The third-order valence-corrected chi connectivity index (χ3v) is 4.78. The number of fused-ring (bicyclic) bond motifs is 1. The lowest BCUT2D eigenvalue weighted by Gasteiger charge is -2.31. The van der Waals surface area contributed by atoms with Crippen molar-refractivity contribution in [1.29, 1.82) is 0 Å². The maximum atomic E-state index is 12.6. The number of aromatic nitrogens is 2. The predicted molar refractivity (Wildman–Crippen MR) is 77.0 cm³/mol. The van der Waals surface area contributed by atoms with Crippen molar-refractivity contribution in [2.75, 3.05) is 6.54 Å². The molecule has 3 rings (SSSR count). The van der Waals surface area contributed by atoms with Gasteiger partial charge in [0, 0.05) is 12.4 Å². The van der Waals surface area contributed by atoms with E-state index in [2.05, 4.69) is 10.4 Å². The topological polar surface area (TPSA) is 84.3 Å². The van der Waals surface area contributed by atoms with Crippen LogP contribution < -0.4 is 5.32 Å². The molecule has 2 aromatic rings. The lowest BCUT2D eigenvalue weighted by atomic mass is 10.2. The lowest BCUT2D eigenvalue weighted by Crippen LogP contribution is -2.58. The number of carbonyl (C=O) groups excluding carboxylic acids is 3. The minimum atomic E-state index is -0.653. The molecule has 0 aliphatic carbocycles. The third-order valence-electron chi connectivity index (χ3n) is 3.59. The number of imide groups is 1. The number of aryl methyl sites for hydroxylation is 2. The Balaban J connectivity index is 1.97. The second kappa shape index (κ2) is 4.66. The van der Waals surface area contributed by atoms with Crippen molar-refractivity contribution in [2.45, 2.75) is 19.9 Å². The largest absolute Gasteiger partial charge is 0.317 e. The second-order valence-electron chi connectivity index (χ2n) is 5.06. The number of rotatable bonds is 1. The van der Waals surface area contributed by atoms with Gasteiger partial charge in [-0.2, -0.15) is 5.10 Å². The highest BCUT2D eigenvalue weighted by Crippen LogP contribution is 2.29. The van der Waals surface area contributed by atoms with E-state index in [0.717, 1.165) is 15.9 Å². The van der Waals surface area contributed by atoms with Gasteiger partial charge in [-0.05, 0) is 19.9 Å². The average Bonchev–Trinajstić information content (AvgIpc) is 2.96. The van der Waals surface area contributed by atoms with Crippen molar-refractivity contribution in [3.8, 4) is 0 Å². The van der Waals surface area contributed by atoms with E-state index in [-0.39, 0.29) is 12.5 Å². The van der Waals surface area contributed by atoms with Gasteiger partial charge in [-0.15, -0.1) is 11.3 Å². The van der Waals surface area contributed by atoms with Gasteiger partial charge in [0.1, 0.15) is 17.4 Å². The Bertz CT molecular complexity index is 741. The van der Waals surface area contributed by atoms with Gasteiger partial charge in [0.05, 0.1) is 10.6 Å². The Labute approximate surface area is 124 Å². The number of hydrogen-bond acceptors (Lipinski definition) is 5. The first-order valence-corrected chi connectivity index (χ1v) is 7.28. The van der Waals surface area contributed by atoms with Crippen LogP contribution in [0, 0.1) is 6.92 Å². The van der Waals surface area contributed by atoms with Gasteiger partial charge in [-0.3, -0.25) is 24.4 Å². The van der Waals surface area contributed by atoms with Crippen LogP contribution in [0.1, 0.15) is 22.3 Å². The molecule has 1 saturated heterocycles. The molecule has 0 radical (unpaired) electrons. The fourth-order valence-corrected chi connectivity index (χ4v) is 3.49. The summed E-state index contributed by atoms with van der Waals surface area (Å²) in [5, 5.41) is 7.43. The number of thiophene rings is 1. The fourth-order valence-electron chi connectivity index (χ4n) is 2.41. The quantitative estimate of drug-likeness (QED) is 0.774. The van der Waals surface area contributed by atoms with Crippen molar-refractivity contribution in [2.24, 2.45) is 7.05 Å². The van der Waals surface area contributed by atoms with Crippen LogP contribution in [-0.4, -0.2) is 45.0 Å². The van der Waals surface area contributed by atoms with E-state index in [1.807, 2.05) is 14.0 Å². The minimum Gasteiger partial charge on any atom is -0.317 e. The first kappa shape index (κ1) is 13.7. The van der Waals surface area contributed by atoms with Gasteiger partial charge in [-0.1, -0.05) is 0 Å². The number of piperazine rings is 1. The first-order chi connectivity index (χ1) is 9.88. The molecule has 0 aromatic carbocycles. The summed E-state index contributed by atoms with van der Waals surface area (Å²) in [6.07, 6.45) is 0. The van der Waals surface area contributed by atoms with E-state index in [1.54, 1.807) is 17.7 Å². The smallest absolute Gasteiger partial charge is 0.265 e. The van der Waals surface area contributed by atoms with E-state index in [4.69, 9.17) is 0 Å². The molecule has 3 heterocycles. The van der Waals surface area contributed by atoms with E-state index in [9.17, 15) is 14.4 Å². The summed E-state index contributed by atoms with van der Waals surface area (Å²) < 4.78 is 1.73. The third kappa shape index (κ3) is 2.11. The number of hydrogen-bond donors (Lipinski definition) is 1. The van der Waals surface area contributed by atoms with Gasteiger partial charge in [0.2, 0.25) is 11.8 Å². The zero-order valence-electron chi connectivity index (χ0n) is 11.8. The maximum absolute atomic E-state index is 12.6. The normalized spacial score (nSPS) is 19.2.